The summed E-state index contributed by atoms with van der Waals surface area (Å²) >= 11 is 0. The Morgan fingerprint density at radius 3 is 2.82 bits per heavy atom. The van der Waals surface area contributed by atoms with Gasteiger partial charge in [0.05, 0.1) is 5.25 Å². The van der Waals surface area contributed by atoms with E-state index in [1.807, 2.05) is 31.2 Å². The predicted octanol–water partition coefficient (Wildman–Crippen LogP) is 0.776. The van der Waals surface area contributed by atoms with Gasteiger partial charge in [0.1, 0.15) is 0 Å². The van der Waals surface area contributed by atoms with E-state index in [1.165, 1.54) is 0 Å². The molecule has 2 rings (SSSR count). The first kappa shape index (κ1) is 12.5. The van der Waals surface area contributed by atoms with E-state index in [2.05, 4.69) is 10.0 Å². The van der Waals surface area contributed by atoms with Crippen LogP contribution in [-0.2, 0) is 16.6 Å². The van der Waals surface area contributed by atoms with Crippen LogP contribution in [0.4, 0.5) is 0 Å². The van der Waals surface area contributed by atoms with Crippen molar-refractivity contribution in [3.63, 3.8) is 0 Å². The van der Waals surface area contributed by atoms with E-state index < -0.39 is 10.0 Å². The minimum absolute atomic E-state index is 0.286. The topological polar surface area (TPSA) is 58.2 Å². The van der Waals surface area contributed by atoms with Gasteiger partial charge in [0, 0.05) is 13.1 Å². The summed E-state index contributed by atoms with van der Waals surface area (Å²) in [7, 11) is -3.19. The normalized spacial score (nSPS) is 20.6. The average Bonchev–Trinajstić information content (AvgIpc) is 2.82. The number of rotatable bonds is 4. The third-order valence-electron chi connectivity index (χ3n) is 3.18. The van der Waals surface area contributed by atoms with Gasteiger partial charge < -0.3 is 5.32 Å². The molecule has 0 amide bonds. The van der Waals surface area contributed by atoms with Crippen LogP contribution in [0.3, 0.4) is 0 Å². The number of hydrogen-bond donors (Lipinski definition) is 2. The molecule has 1 atom stereocenters. The van der Waals surface area contributed by atoms with Crippen molar-refractivity contribution in [2.75, 3.05) is 13.1 Å². The summed E-state index contributed by atoms with van der Waals surface area (Å²) in [6.07, 6.45) is 0.698. The Morgan fingerprint density at radius 2 is 2.18 bits per heavy atom. The number of benzene rings is 1. The van der Waals surface area contributed by atoms with Crippen LogP contribution >= 0.6 is 0 Å². The molecule has 0 radical (unpaired) electrons. The Kier molecular flexibility index (Phi) is 3.81. The molecule has 94 valence electrons. The van der Waals surface area contributed by atoms with Crippen molar-refractivity contribution in [1.82, 2.24) is 10.0 Å². The first-order chi connectivity index (χ1) is 8.09. The maximum absolute atomic E-state index is 12.0. The second-order valence-electron chi connectivity index (χ2n) is 4.41. The second kappa shape index (κ2) is 5.16. The van der Waals surface area contributed by atoms with Crippen molar-refractivity contribution in [1.29, 1.82) is 0 Å². The fourth-order valence-electron chi connectivity index (χ4n) is 2.00. The molecule has 1 aromatic rings. The molecule has 1 aliphatic rings. The molecule has 0 spiro atoms. The molecule has 1 aliphatic heterocycles. The standard InChI is InChI=1S/C12H18N2O2S/c1-10-4-2-3-5-11(10)8-14-17(15,16)12-6-7-13-9-12/h2-5,12-14H,6-9H2,1H3. The van der Waals surface area contributed by atoms with Crippen LogP contribution in [-0.4, -0.2) is 26.8 Å². The molecule has 17 heavy (non-hydrogen) atoms. The maximum Gasteiger partial charge on any atom is 0.216 e. The lowest BCUT2D eigenvalue weighted by atomic mass is 10.1. The zero-order valence-corrected chi connectivity index (χ0v) is 10.8. The van der Waals surface area contributed by atoms with Gasteiger partial charge in [-0.05, 0) is 31.0 Å². The highest BCUT2D eigenvalue weighted by molar-refractivity contribution is 7.90. The van der Waals surface area contributed by atoms with Crippen LogP contribution in [0.15, 0.2) is 24.3 Å². The molecule has 1 heterocycles. The lowest BCUT2D eigenvalue weighted by Gasteiger charge is -2.12. The Hall–Kier alpha value is -0.910. The summed E-state index contributed by atoms with van der Waals surface area (Å²) < 4.78 is 26.6. The highest BCUT2D eigenvalue weighted by Crippen LogP contribution is 2.11. The van der Waals surface area contributed by atoms with Crippen molar-refractivity contribution in [3.8, 4) is 0 Å². The molecule has 0 saturated carbocycles. The second-order valence-corrected chi connectivity index (χ2v) is 6.45. The van der Waals surface area contributed by atoms with Gasteiger partial charge in [0.2, 0.25) is 10.0 Å². The Balaban J connectivity index is 2.00. The SMILES string of the molecule is Cc1ccccc1CNS(=O)(=O)C1CCNC1. The largest absolute Gasteiger partial charge is 0.315 e. The molecule has 0 bridgehead atoms. The lowest BCUT2D eigenvalue weighted by Crippen LogP contribution is -2.35. The van der Waals surface area contributed by atoms with Crippen LogP contribution in [0, 0.1) is 6.92 Å². The summed E-state index contributed by atoms with van der Waals surface area (Å²) in [5, 5.41) is 2.78. The third kappa shape index (κ3) is 3.06. The van der Waals surface area contributed by atoms with Gasteiger partial charge in [-0.3, -0.25) is 0 Å². The molecule has 1 saturated heterocycles. The van der Waals surface area contributed by atoms with Gasteiger partial charge in [0.15, 0.2) is 0 Å². The predicted molar refractivity (Wildman–Crippen MR) is 68.2 cm³/mol. The van der Waals surface area contributed by atoms with Gasteiger partial charge in [-0.1, -0.05) is 24.3 Å². The van der Waals surface area contributed by atoms with Crippen LogP contribution in [0.25, 0.3) is 0 Å². The third-order valence-corrected chi connectivity index (χ3v) is 5.01. The summed E-state index contributed by atoms with van der Waals surface area (Å²) in [5.74, 6) is 0. The van der Waals surface area contributed by atoms with E-state index in [-0.39, 0.29) is 5.25 Å². The minimum Gasteiger partial charge on any atom is -0.315 e. The van der Waals surface area contributed by atoms with Gasteiger partial charge in [0.25, 0.3) is 0 Å². The van der Waals surface area contributed by atoms with Gasteiger partial charge in [-0.15, -0.1) is 0 Å². The van der Waals surface area contributed by atoms with E-state index >= 15 is 0 Å². The molecule has 4 nitrogen and oxygen atoms in total. The highest BCUT2D eigenvalue weighted by atomic mass is 32.2. The van der Waals surface area contributed by atoms with Crippen LogP contribution in [0.5, 0.6) is 0 Å². The minimum atomic E-state index is -3.19. The van der Waals surface area contributed by atoms with Crippen LogP contribution < -0.4 is 10.0 Å². The molecule has 0 aromatic heterocycles. The summed E-state index contributed by atoms with van der Waals surface area (Å²) in [6.45, 7) is 3.71. The fraction of sp³-hybridized carbons (Fsp3) is 0.500. The van der Waals surface area contributed by atoms with Gasteiger partial charge in [-0.25, -0.2) is 13.1 Å². The summed E-state index contributed by atoms with van der Waals surface area (Å²) in [5.41, 5.74) is 2.14. The Bertz CT molecular complexity index is 479. The van der Waals surface area contributed by atoms with Crippen molar-refractivity contribution < 1.29 is 8.42 Å². The van der Waals surface area contributed by atoms with E-state index in [4.69, 9.17) is 0 Å². The quantitative estimate of drug-likeness (QED) is 0.834. The molecule has 5 heteroatoms. The first-order valence-corrected chi connectivity index (χ1v) is 7.38. The smallest absolute Gasteiger partial charge is 0.216 e. The van der Waals surface area contributed by atoms with Crippen LogP contribution in [0.1, 0.15) is 17.5 Å². The molecule has 1 aromatic carbocycles. The van der Waals surface area contributed by atoms with Gasteiger partial charge >= 0.3 is 0 Å². The summed E-state index contributed by atoms with van der Waals surface area (Å²) in [6, 6.07) is 7.81. The van der Waals surface area contributed by atoms with Gasteiger partial charge in [-0.2, -0.15) is 0 Å². The molecule has 1 unspecified atom stereocenters. The maximum atomic E-state index is 12.0. The Labute approximate surface area is 102 Å². The highest BCUT2D eigenvalue weighted by Gasteiger charge is 2.27. The van der Waals surface area contributed by atoms with E-state index in [0.29, 0.717) is 19.5 Å². The van der Waals surface area contributed by atoms with E-state index in [9.17, 15) is 8.42 Å². The molecule has 1 fully saturated rings. The van der Waals surface area contributed by atoms with Crippen molar-refractivity contribution >= 4 is 10.0 Å². The molecule has 2 N–H and O–H groups in total. The van der Waals surface area contributed by atoms with Crippen molar-refractivity contribution in [3.05, 3.63) is 35.4 Å². The number of sulfonamides is 1. The number of nitrogens with one attached hydrogen (secondary N) is 2. The molecule has 0 aliphatic carbocycles. The average molecular weight is 254 g/mol. The summed E-state index contributed by atoms with van der Waals surface area (Å²) in [4.78, 5) is 0. The van der Waals surface area contributed by atoms with Crippen molar-refractivity contribution in [2.45, 2.75) is 25.1 Å². The van der Waals surface area contributed by atoms with Crippen LogP contribution in [0.2, 0.25) is 0 Å². The van der Waals surface area contributed by atoms with E-state index in [1.54, 1.807) is 0 Å². The van der Waals surface area contributed by atoms with E-state index in [0.717, 1.165) is 17.7 Å². The first-order valence-electron chi connectivity index (χ1n) is 5.83. The zero-order chi connectivity index (χ0) is 12.3. The Morgan fingerprint density at radius 1 is 1.41 bits per heavy atom. The monoisotopic (exact) mass is 254 g/mol. The fourth-order valence-corrected chi connectivity index (χ4v) is 3.36. The number of aryl methyl sites for hydroxylation is 1. The lowest BCUT2D eigenvalue weighted by molar-refractivity contribution is 0.567. The van der Waals surface area contributed by atoms with Crippen molar-refractivity contribution in [2.24, 2.45) is 0 Å². The molecular formula is C12H18N2O2S. The zero-order valence-electron chi connectivity index (χ0n) is 9.94. The number of hydrogen-bond acceptors (Lipinski definition) is 3. The molecular weight excluding hydrogens is 236 g/mol.